The van der Waals surface area contributed by atoms with Crippen molar-refractivity contribution in [3.05, 3.63) is 51.2 Å². The molecule has 1 heterocycles. The minimum absolute atomic E-state index is 0.161. The molecule has 0 atom stereocenters. The van der Waals surface area contributed by atoms with Crippen LogP contribution in [0.5, 0.6) is 0 Å². The molecular weight excluding hydrogens is 262 g/mol. The number of hydrogen-bond donors (Lipinski definition) is 1. The van der Waals surface area contributed by atoms with Crippen LogP contribution in [-0.2, 0) is 0 Å². The first-order valence-electron chi connectivity index (χ1n) is 5.56. The van der Waals surface area contributed by atoms with Crippen LogP contribution in [-0.4, -0.2) is 35.2 Å². The number of H-pyrrole nitrogens is 1. The molecule has 0 fully saturated rings. The highest BCUT2D eigenvalue weighted by Crippen LogP contribution is 2.10. The van der Waals surface area contributed by atoms with Gasteiger partial charge in [0.05, 0.1) is 6.21 Å². The zero-order chi connectivity index (χ0) is 13.8. The van der Waals surface area contributed by atoms with Crippen molar-refractivity contribution in [3.8, 4) is 0 Å². The van der Waals surface area contributed by atoms with Crippen LogP contribution in [0.3, 0.4) is 0 Å². The molecule has 2 rings (SSSR count). The summed E-state index contributed by atoms with van der Waals surface area (Å²) in [6, 6.07) is 7.77. The largest absolute Gasteiger partial charge is 0.378 e. The minimum atomic E-state index is -0.370. The average Bonchev–Trinajstić information content (AvgIpc) is 2.38. The number of nitrogens with one attached hydrogen (secondary N) is 1. The van der Waals surface area contributed by atoms with E-state index in [0.29, 0.717) is 0 Å². The molecule has 0 aliphatic rings. The van der Waals surface area contributed by atoms with Gasteiger partial charge in [0.2, 0.25) is 4.77 Å². The first kappa shape index (κ1) is 13.2. The Morgan fingerprint density at radius 3 is 2.63 bits per heavy atom. The van der Waals surface area contributed by atoms with Crippen molar-refractivity contribution in [2.45, 2.75) is 0 Å². The maximum atomic E-state index is 11.5. The lowest BCUT2D eigenvalue weighted by atomic mass is 10.2. The molecule has 1 aromatic carbocycles. The normalized spacial score (nSPS) is 10.8. The summed E-state index contributed by atoms with van der Waals surface area (Å²) >= 11 is 4.93. The topological polar surface area (TPSA) is 66.3 Å². The van der Waals surface area contributed by atoms with Crippen LogP contribution >= 0.6 is 12.2 Å². The Morgan fingerprint density at radius 2 is 2.05 bits per heavy atom. The first-order chi connectivity index (χ1) is 9.08. The maximum absolute atomic E-state index is 11.5. The van der Waals surface area contributed by atoms with Crippen LogP contribution in [0, 0.1) is 4.77 Å². The Kier molecular flexibility index (Phi) is 3.86. The third-order valence-corrected chi connectivity index (χ3v) is 2.73. The second-order valence-electron chi connectivity index (χ2n) is 4.06. The van der Waals surface area contributed by atoms with Gasteiger partial charge in [-0.1, -0.05) is 12.1 Å². The van der Waals surface area contributed by atoms with Crippen LogP contribution in [0.4, 0.5) is 5.69 Å². The van der Waals surface area contributed by atoms with Crippen molar-refractivity contribution in [2.24, 2.45) is 5.10 Å². The van der Waals surface area contributed by atoms with E-state index in [1.807, 2.05) is 43.3 Å². The number of anilines is 1. The molecule has 0 amide bonds. The van der Waals surface area contributed by atoms with Crippen molar-refractivity contribution < 1.29 is 0 Å². The number of aromatic amines is 1. The molecule has 2 aromatic rings. The van der Waals surface area contributed by atoms with E-state index in [1.165, 1.54) is 0 Å². The second kappa shape index (κ2) is 5.57. The fraction of sp³-hybridized carbons (Fsp3) is 0.167. The summed E-state index contributed by atoms with van der Waals surface area (Å²) in [6.45, 7) is 0. The molecule has 6 nitrogen and oxygen atoms in total. The Balaban J connectivity index is 2.28. The third kappa shape index (κ3) is 3.14. The van der Waals surface area contributed by atoms with Gasteiger partial charge in [0.1, 0.15) is 6.20 Å². The zero-order valence-electron chi connectivity index (χ0n) is 10.6. The maximum Gasteiger partial charge on any atom is 0.293 e. The van der Waals surface area contributed by atoms with Gasteiger partial charge in [-0.3, -0.25) is 9.89 Å². The van der Waals surface area contributed by atoms with Gasteiger partial charge in [-0.2, -0.15) is 14.9 Å². The summed E-state index contributed by atoms with van der Waals surface area (Å²) in [5, 5.41) is 10.1. The van der Waals surface area contributed by atoms with Gasteiger partial charge in [-0.15, -0.1) is 0 Å². The smallest absolute Gasteiger partial charge is 0.293 e. The van der Waals surface area contributed by atoms with E-state index in [0.717, 1.165) is 22.1 Å². The standard InChI is InChI=1S/C12H13N5OS/c1-16(2)10-5-3-9(4-6-10)7-14-17-11(18)8-13-15-12(17)19/h3-8H,1-2H3,(H,15,19)/b14-7+. The van der Waals surface area contributed by atoms with Gasteiger partial charge in [0.25, 0.3) is 5.56 Å². The van der Waals surface area contributed by atoms with Crippen LogP contribution in [0.2, 0.25) is 0 Å². The van der Waals surface area contributed by atoms with E-state index in [2.05, 4.69) is 15.3 Å². The zero-order valence-corrected chi connectivity index (χ0v) is 11.4. The van der Waals surface area contributed by atoms with E-state index >= 15 is 0 Å². The Labute approximate surface area is 115 Å². The van der Waals surface area contributed by atoms with Crippen LogP contribution in [0.25, 0.3) is 0 Å². The van der Waals surface area contributed by atoms with Gasteiger partial charge < -0.3 is 4.90 Å². The van der Waals surface area contributed by atoms with Gasteiger partial charge in [0, 0.05) is 19.8 Å². The highest BCUT2D eigenvalue weighted by atomic mass is 32.1. The predicted octanol–water partition coefficient (Wildman–Crippen LogP) is 1.25. The monoisotopic (exact) mass is 275 g/mol. The summed E-state index contributed by atoms with van der Waals surface area (Å²) in [4.78, 5) is 13.5. The molecular formula is C12H13N5OS. The third-order valence-electron chi connectivity index (χ3n) is 2.47. The van der Waals surface area contributed by atoms with E-state index in [9.17, 15) is 4.79 Å². The molecule has 0 bridgehead atoms. The number of aromatic nitrogens is 3. The highest BCUT2D eigenvalue weighted by Gasteiger charge is 1.96. The molecule has 0 saturated heterocycles. The molecule has 1 N–H and O–H groups in total. The molecule has 0 aliphatic carbocycles. The van der Waals surface area contributed by atoms with Gasteiger partial charge >= 0.3 is 0 Å². The number of hydrogen-bond acceptors (Lipinski definition) is 5. The molecule has 0 unspecified atom stereocenters. The van der Waals surface area contributed by atoms with E-state index in [4.69, 9.17) is 12.2 Å². The SMILES string of the molecule is CN(C)c1ccc(/C=N/n2c(=O)cn[nH]c2=S)cc1. The van der Waals surface area contributed by atoms with E-state index in [-0.39, 0.29) is 10.3 Å². The molecule has 98 valence electrons. The number of rotatable bonds is 3. The second-order valence-corrected chi connectivity index (χ2v) is 4.44. The van der Waals surface area contributed by atoms with Crippen LogP contribution < -0.4 is 10.5 Å². The quantitative estimate of drug-likeness (QED) is 0.676. The lowest BCUT2D eigenvalue weighted by molar-refractivity contribution is 0.738. The summed E-state index contributed by atoms with van der Waals surface area (Å²) in [5.41, 5.74) is 1.60. The molecule has 0 aliphatic heterocycles. The summed E-state index contributed by atoms with van der Waals surface area (Å²) in [7, 11) is 3.94. The van der Waals surface area contributed by atoms with E-state index < -0.39 is 0 Å². The number of nitrogens with zero attached hydrogens (tertiary/aromatic N) is 4. The van der Waals surface area contributed by atoms with Crippen LogP contribution in [0.15, 0.2) is 40.4 Å². The Morgan fingerprint density at radius 1 is 1.37 bits per heavy atom. The molecule has 1 aromatic heterocycles. The summed E-state index contributed by atoms with van der Waals surface area (Å²) < 4.78 is 1.25. The van der Waals surface area contributed by atoms with Gasteiger partial charge in [-0.05, 0) is 29.9 Å². The van der Waals surface area contributed by atoms with Crippen molar-refractivity contribution in [2.75, 3.05) is 19.0 Å². The lowest BCUT2D eigenvalue weighted by Crippen LogP contribution is -2.18. The van der Waals surface area contributed by atoms with Crippen molar-refractivity contribution in [3.63, 3.8) is 0 Å². The molecule has 0 radical (unpaired) electrons. The molecule has 19 heavy (non-hydrogen) atoms. The fourth-order valence-corrected chi connectivity index (χ4v) is 1.63. The molecule has 7 heteroatoms. The predicted molar refractivity (Wildman–Crippen MR) is 77.4 cm³/mol. The fourth-order valence-electron chi connectivity index (χ4n) is 1.44. The minimum Gasteiger partial charge on any atom is -0.378 e. The van der Waals surface area contributed by atoms with Crippen molar-refractivity contribution in [1.29, 1.82) is 0 Å². The highest BCUT2D eigenvalue weighted by molar-refractivity contribution is 7.71. The van der Waals surface area contributed by atoms with Crippen LogP contribution in [0.1, 0.15) is 5.56 Å². The van der Waals surface area contributed by atoms with Gasteiger partial charge in [0.15, 0.2) is 0 Å². The Bertz CT molecular complexity index is 671. The van der Waals surface area contributed by atoms with Gasteiger partial charge in [-0.25, -0.2) is 0 Å². The average molecular weight is 275 g/mol. The molecule has 0 saturated carbocycles. The molecule has 0 spiro atoms. The van der Waals surface area contributed by atoms with E-state index in [1.54, 1.807) is 6.21 Å². The summed E-state index contributed by atoms with van der Waals surface area (Å²) in [5.74, 6) is 0. The lowest BCUT2D eigenvalue weighted by Gasteiger charge is -2.11. The van der Waals surface area contributed by atoms with Crippen molar-refractivity contribution in [1.82, 2.24) is 14.9 Å². The summed E-state index contributed by atoms with van der Waals surface area (Å²) in [6.07, 6.45) is 2.70. The first-order valence-corrected chi connectivity index (χ1v) is 5.97. The Hall–Kier alpha value is -2.28. The van der Waals surface area contributed by atoms with Crippen molar-refractivity contribution >= 4 is 24.1 Å². The number of benzene rings is 1.